The van der Waals surface area contributed by atoms with Crippen molar-refractivity contribution in [1.82, 2.24) is 5.01 Å². The molecule has 0 fully saturated rings. The van der Waals surface area contributed by atoms with Crippen molar-refractivity contribution < 1.29 is 0 Å². The maximum absolute atomic E-state index is 5.00. The predicted octanol–water partition coefficient (Wildman–Crippen LogP) is 6.15. The van der Waals surface area contributed by atoms with E-state index in [0.717, 1.165) is 31.4 Å². The summed E-state index contributed by atoms with van der Waals surface area (Å²) < 4.78 is 0. The first-order valence-corrected chi connectivity index (χ1v) is 11.3. The van der Waals surface area contributed by atoms with E-state index < -0.39 is 0 Å². The molecule has 3 nitrogen and oxygen atoms in total. The predicted molar refractivity (Wildman–Crippen MR) is 131 cm³/mol. The summed E-state index contributed by atoms with van der Waals surface area (Å²) in [6.45, 7) is 3.19. The smallest absolute Gasteiger partial charge is 0.0695 e. The molecular formula is C28H29N3. The highest BCUT2D eigenvalue weighted by atomic mass is 15.5. The zero-order valence-electron chi connectivity index (χ0n) is 18.1. The van der Waals surface area contributed by atoms with Crippen LogP contribution < -0.4 is 4.90 Å². The summed E-state index contributed by atoms with van der Waals surface area (Å²) in [7, 11) is 0. The number of hydrogen-bond acceptors (Lipinski definition) is 3. The highest BCUT2D eigenvalue weighted by Gasteiger charge is 2.23. The Morgan fingerprint density at radius 1 is 0.903 bits per heavy atom. The molecule has 0 bridgehead atoms. The van der Waals surface area contributed by atoms with Gasteiger partial charge in [0, 0.05) is 24.3 Å². The number of anilines is 2. The summed E-state index contributed by atoms with van der Waals surface area (Å²) >= 11 is 0. The van der Waals surface area contributed by atoms with E-state index >= 15 is 0 Å². The molecule has 3 heteroatoms. The van der Waals surface area contributed by atoms with Crippen LogP contribution in [0.2, 0.25) is 0 Å². The quantitative estimate of drug-likeness (QED) is 0.437. The van der Waals surface area contributed by atoms with Crippen molar-refractivity contribution >= 4 is 17.6 Å². The Balaban J connectivity index is 1.42. The minimum Gasteiger partial charge on any atom is -0.341 e. The molecule has 2 aromatic rings. The van der Waals surface area contributed by atoms with Crippen molar-refractivity contribution in [2.75, 3.05) is 11.4 Å². The van der Waals surface area contributed by atoms with Gasteiger partial charge in [-0.2, -0.15) is 5.10 Å². The standard InChI is InChI=1S/C28H29N3/c1-2-30-27-16-10-9-11-23(27)20-24-19-22(17-18-28(24)30)21-29-31(25-12-5-3-6-13-25)26-14-7-4-8-15-26/h3-12,14,16-19,21,25-26H,2,13,15,20H2,1H3. The van der Waals surface area contributed by atoms with Crippen molar-refractivity contribution in [2.45, 2.75) is 38.3 Å². The number of para-hydroxylation sites is 1. The van der Waals surface area contributed by atoms with Crippen LogP contribution in [0.3, 0.4) is 0 Å². The van der Waals surface area contributed by atoms with E-state index in [-0.39, 0.29) is 0 Å². The fourth-order valence-corrected chi connectivity index (χ4v) is 4.77. The Morgan fingerprint density at radius 2 is 1.61 bits per heavy atom. The molecule has 0 spiro atoms. The molecule has 156 valence electrons. The van der Waals surface area contributed by atoms with Crippen LogP contribution in [0.5, 0.6) is 0 Å². The number of hydrazone groups is 1. The average molecular weight is 408 g/mol. The number of benzene rings is 2. The van der Waals surface area contributed by atoms with Gasteiger partial charge in [-0.3, -0.25) is 5.01 Å². The molecule has 0 saturated heterocycles. The van der Waals surface area contributed by atoms with E-state index in [2.05, 4.69) is 108 Å². The van der Waals surface area contributed by atoms with Gasteiger partial charge in [0.2, 0.25) is 0 Å². The molecular weight excluding hydrogens is 378 g/mol. The fourth-order valence-electron chi connectivity index (χ4n) is 4.77. The van der Waals surface area contributed by atoms with Crippen molar-refractivity contribution in [3.63, 3.8) is 0 Å². The largest absolute Gasteiger partial charge is 0.341 e. The Hall–Kier alpha value is -3.33. The highest BCUT2D eigenvalue weighted by molar-refractivity contribution is 5.83. The third-order valence-electron chi connectivity index (χ3n) is 6.31. The van der Waals surface area contributed by atoms with E-state index in [0.29, 0.717) is 12.1 Å². The van der Waals surface area contributed by atoms with Crippen LogP contribution in [0, 0.1) is 0 Å². The lowest BCUT2D eigenvalue weighted by Crippen LogP contribution is -2.38. The average Bonchev–Trinajstić information content (AvgIpc) is 2.84. The molecule has 0 saturated carbocycles. The number of rotatable bonds is 5. The Kier molecular flexibility index (Phi) is 5.57. The zero-order chi connectivity index (χ0) is 21.0. The topological polar surface area (TPSA) is 18.8 Å². The molecule has 1 heterocycles. The van der Waals surface area contributed by atoms with E-state index in [1.807, 2.05) is 6.21 Å². The van der Waals surface area contributed by atoms with Gasteiger partial charge in [-0.25, -0.2) is 0 Å². The lowest BCUT2D eigenvalue weighted by atomic mass is 9.94. The minimum atomic E-state index is 0.294. The van der Waals surface area contributed by atoms with Crippen molar-refractivity contribution in [3.8, 4) is 0 Å². The highest BCUT2D eigenvalue weighted by Crippen LogP contribution is 2.38. The van der Waals surface area contributed by atoms with Crippen LogP contribution in [0.4, 0.5) is 11.4 Å². The molecule has 0 aromatic heterocycles. The number of hydrogen-bond donors (Lipinski definition) is 0. The van der Waals surface area contributed by atoms with Crippen LogP contribution in [0.15, 0.2) is 96.2 Å². The van der Waals surface area contributed by atoms with Gasteiger partial charge in [-0.15, -0.1) is 0 Å². The molecule has 0 N–H and O–H groups in total. The zero-order valence-corrected chi connectivity index (χ0v) is 18.1. The molecule has 5 rings (SSSR count). The molecule has 3 aliphatic rings. The normalized spacial score (nSPS) is 21.4. The van der Waals surface area contributed by atoms with Gasteiger partial charge < -0.3 is 4.90 Å². The summed E-state index contributed by atoms with van der Waals surface area (Å²) in [5.74, 6) is 0. The molecule has 1 aliphatic heterocycles. The second-order valence-corrected chi connectivity index (χ2v) is 8.29. The molecule has 2 unspecified atom stereocenters. The second-order valence-electron chi connectivity index (χ2n) is 8.29. The first-order chi connectivity index (χ1) is 15.3. The van der Waals surface area contributed by atoms with Gasteiger partial charge in [0.1, 0.15) is 0 Å². The Labute approximate surface area is 185 Å². The van der Waals surface area contributed by atoms with Gasteiger partial charge in [0.05, 0.1) is 18.3 Å². The molecule has 2 atom stereocenters. The number of allylic oxidation sites excluding steroid dienone is 4. The molecule has 0 amide bonds. The van der Waals surface area contributed by atoms with Crippen molar-refractivity contribution in [3.05, 3.63) is 108 Å². The Morgan fingerprint density at radius 3 is 2.29 bits per heavy atom. The van der Waals surface area contributed by atoms with Crippen LogP contribution in [-0.4, -0.2) is 29.9 Å². The first kappa shape index (κ1) is 19.6. The lowest BCUT2D eigenvalue weighted by Gasteiger charge is -2.34. The van der Waals surface area contributed by atoms with Crippen LogP contribution >= 0.6 is 0 Å². The molecule has 2 aromatic carbocycles. The first-order valence-electron chi connectivity index (χ1n) is 11.3. The third kappa shape index (κ3) is 4.00. The van der Waals surface area contributed by atoms with Gasteiger partial charge in [0.15, 0.2) is 0 Å². The summed E-state index contributed by atoms with van der Waals surface area (Å²) in [5, 5.41) is 7.26. The Bertz CT molecular complexity index is 1060. The van der Waals surface area contributed by atoms with Crippen LogP contribution in [0.1, 0.15) is 36.5 Å². The fraction of sp³-hybridized carbons (Fsp3) is 0.250. The third-order valence-corrected chi connectivity index (χ3v) is 6.31. The minimum absolute atomic E-state index is 0.294. The van der Waals surface area contributed by atoms with Crippen LogP contribution in [0.25, 0.3) is 0 Å². The van der Waals surface area contributed by atoms with Crippen molar-refractivity contribution in [2.24, 2.45) is 5.10 Å². The summed E-state index contributed by atoms with van der Waals surface area (Å²) in [6, 6.07) is 16.1. The van der Waals surface area contributed by atoms with Gasteiger partial charge in [-0.1, -0.05) is 72.9 Å². The summed E-state index contributed by atoms with van der Waals surface area (Å²) in [4.78, 5) is 2.42. The maximum Gasteiger partial charge on any atom is 0.0695 e. The van der Waals surface area contributed by atoms with E-state index in [1.54, 1.807) is 0 Å². The SMILES string of the molecule is CCN1c2ccccc2Cc2cc(C=NN(C3C=CC=CC3)C3C=CC=CC3)ccc21. The monoisotopic (exact) mass is 407 g/mol. The summed E-state index contributed by atoms with van der Waals surface area (Å²) in [6.07, 6.45) is 22.5. The van der Waals surface area contributed by atoms with Crippen molar-refractivity contribution in [1.29, 1.82) is 0 Å². The van der Waals surface area contributed by atoms with Crippen LogP contribution in [-0.2, 0) is 6.42 Å². The number of fused-ring (bicyclic) bond motifs is 2. The molecule has 31 heavy (non-hydrogen) atoms. The molecule has 2 aliphatic carbocycles. The van der Waals surface area contributed by atoms with Gasteiger partial charge >= 0.3 is 0 Å². The van der Waals surface area contributed by atoms with E-state index in [9.17, 15) is 0 Å². The van der Waals surface area contributed by atoms with Gasteiger partial charge in [-0.05, 0) is 54.7 Å². The second kappa shape index (κ2) is 8.81. The van der Waals surface area contributed by atoms with E-state index in [1.165, 1.54) is 22.5 Å². The molecule has 0 radical (unpaired) electrons. The van der Waals surface area contributed by atoms with E-state index in [4.69, 9.17) is 5.10 Å². The maximum atomic E-state index is 5.00. The number of nitrogens with zero attached hydrogens (tertiary/aromatic N) is 3. The van der Waals surface area contributed by atoms with Gasteiger partial charge in [0.25, 0.3) is 0 Å². The summed E-state index contributed by atoms with van der Waals surface area (Å²) in [5.41, 5.74) is 6.57. The lowest BCUT2D eigenvalue weighted by molar-refractivity contribution is 0.198.